The minimum absolute atomic E-state index is 0.302. The highest BCUT2D eigenvalue weighted by Gasteiger charge is 2.29. The van der Waals surface area contributed by atoms with E-state index in [0.29, 0.717) is 17.7 Å². The largest absolute Gasteiger partial charge is 0.497 e. The summed E-state index contributed by atoms with van der Waals surface area (Å²) in [5.41, 5.74) is 4.70. The molecule has 4 heteroatoms. The van der Waals surface area contributed by atoms with Gasteiger partial charge in [-0.25, -0.2) is 0 Å². The maximum atomic E-state index is 9.74. The third-order valence-corrected chi connectivity index (χ3v) is 4.69. The molecule has 2 aromatic carbocycles. The fourth-order valence-corrected chi connectivity index (χ4v) is 3.61. The second-order valence-electron chi connectivity index (χ2n) is 6.66. The minimum Gasteiger partial charge on any atom is -0.497 e. The molecule has 0 bridgehead atoms. The molecular weight excluding hydrogens is 312 g/mol. The molecule has 1 N–H and O–H groups in total. The summed E-state index contributed by atoms with van der Waals surface area (Å²) in [6, 6.07) is 16.2. The van der Waals surface area contributed by atoms with E-state index < -0.39 is 0 Å². The predicted molar refractivity (Wildman–Crippen MR) is 101 cm³/mol. The molecule has 0 amide bonds. The van der Waals surface area contributed by atoms with Crippen molar-refractivity contribution < 1.29 is 9.94 Å². The van der Waals surface area contributed by atoms with Crippen LogP contribution in [0.25, 0.3) is 5.57 Å². The third-order valence-electron chi connectivity index (χ3n) is 4.69. The van der Waals surface area contributed by atoms with Crippen LogP contribution in [0.1, 0.15) is 36.6 Å². The average molecular weight is 336 g/mol. The van der Waals surface area contributed by atoms with Gasteiger partial charge in [0.15, 0.2) is 0 Å². The van der Waals surface area contributed by atoms with E-state index in [1.807, 2.05) is 30.3 Å². The van der Waals surface area contributed by atoms with Gasteiger partial charge in [0.05, 0.1) is 13.2 Å². The van der Waals surface area contributed by atoms with E-state index in [1.54, 1.807) is 7.11 Å². The molecule has 0 saturated heterocycles. The molecule has 2 aromatic rings. The van der Waals surface area contributed by atoms with Gasteiger partial charge in [0, 0.05) is 24.4 Å². The van der Waals surface area contributed by atoms with Gasteiger partial charge in [0.2, 0.25) is 0 Å². The molecule has 130 valence electrons. The summed E-state index contributed by atoms with van der Waals surface area (Å²) < 4.78 is 5.22. The van der Waals surface area contributed by atoms with Crippen LogP contribution in [-0.4, -0.2) is 30.0 Å². The van der Waals surface area contributed by atoms with Crippen molar-refractivity contribution in [3.8, 4) is 5.75 Å². The van der Waals surface area contributed by atoms with Crippen molar-refractivity contribution in [2.24, 2.45) is 11.1 Å². The van der Waals surface area contributed by atoms with Crippen molar-refractivity contribution in [2.75, 3.05) is 14.2 Å². The molecule has 0 aliphatic carbocycles. The number of fused-ring (bicyclic) bond motifs is 1. The molecule has 0 spiro atoms. The van der Waals surface area contributed by atoms with Gasteiger partial charge in [0.1, 0.15) is 11.5 Å². The van der Waals surface area contributed by atoms with Crippen molar-refractivity contribution in [3.05, 3.63) is 71.4 Å². The molecule has 4 nitrogen and oxygen atoms in total. The lowest BCUT2D eigenvalue weighted by atomic mass is 9.83. The molecular formula is C21H24N2O2. The Bertz CT molecular complexity index is 807. The van der Waals surface area contributed by atoms with Crippen LogP contribution in [0.4, 0.5) is 0 Å². The highest BCUT2D eigenvalue weighted by molar-refractivity contribution is 6.32. The van der Waals surface area contributed by atoms with Crippen LogP contribution in [0, 0.1) is 5.92 Å². The number of hydrogen-bond donors (Lipinski definition) is 1. The molecule has 1 aliphatic heterocycles. The summed E-state index contributed by atoms with van der Waals surface area (Å²) in [6.45, 7) is 4.45. The zero-order valence-corrected chi connectivity index (χ0v) is 15.1. The first kappa shape index (κ1) is 17.1. The highest BCUT2D eigenvalue weighted by Crippen LogP contribution is 2.39. The van der Waals surface area contributed by atoms with Crippen molar-refractivity contribution in [1.82, 2.24) is 4.90 Å². The molecule has 1 aliphatic rings. The lowest BCUT2D eigenvalue weighted by molar-refractivity contribution is 0.260. The Morgan fingerprint density at radius 1 is 1.12 bits per heavy atom. The summed E-state index contributed by atoms with van der Waals surface area (Å²) in [7, 11) is 3.71. The summed E-state index contributed by atoms with van der Waals surface area (Å²) in [6.07, 6.45) is 2.08. The van der Waals surface area contributed by atoms with Crippen LogP contribution < -0.4 is 4.74 Å². The van der Waals surface area contributed by atoms with E-state index >= 15 is 0 Å². The number of rotatable bonds is 4. The molecule has 1 heterocycles. The van der Waals surface area contributed by atoms with E-state index in [4.69, 9.17) is 4.74 Å². The van der Waals surface area contributed by atoms with Gasteiger partial charge in [-0.05, 0) is 41.3 Å². The fourth-order valence-electron chi connectivity index (χ4n) is 3.61. The summed E-state index contributed by atoms with van der Waals surface area (Å²) in [5.74, 6) is 1.25. The second-order valence-corrected chi connectivity index (χ2v) is 6.66. The van der Waals surface area contributed by atoms with Crippen LogP contribution in [0.3, 0.4) is 0 Å². The first-order chi connectivity index (χ1) is 12.1. The maximum absolute atomic E-state index is 9.74. The van der Waals surface area contributed by atoms with Gasteiger partial charge in [-0.3, -0.25) is 0 Å². The first-order valence-electron chi connectivity index (χ1n) is 8.46. The summed E-state index contributed by atoms with van der Waals surface area (Å²) in [5, 5.41) is 13.4. The number of hydrogen-bond acceptors (Lipinski definition) is 4. The highest BCUT2D eigenvalue weighted by atomic mass is 16.5. The zero-order chi connectivity index (χ0) is 18.0. The van der Waals surface area contributed by atoms with Crippen LogP contribution in [0.2, 0.25) is 0 Å². The number of nitrogens with zero attached hydrogens (tertiary/aromatic N) is 2. The van der Waals surface area contributed by atoms with Gasteiger partial charge in [-0.2, -0.15) is 0 Å². The molecule has 0 fully saturated rings. The quantitative estimate of drug-likeness (QED) is 0.506. The van der Waals surface area contributed by atoms with Gasteiger partial charge < -0.3 is 14.8 Å². The van der Waals surface area contributed by atoms with E-state index in [0.717, 1.165) is 22.4 Å². The second kappa shape index (κ2) is 7.01. The van der Waals surface area contributed by atoms with E-state index in [2.05, 4.69) is 55.3 Å². The monoisotopic (exact) mass is 336 g/mol. The number of methoxy groups -OCH3 is 1. The molecule has 3 rings (SSSR count). The third kappa shape index (κ3) is 3.12. The summed E-state index contributed by atoms with van der Waals surface area (Å²) in [4.78, 5) is 2.21. The van der Waals surface area contributed by atoms with Crippen molar-refractivity contribution >= 4 is 11.3 Å². The number of allylic oxidation sites excluding steroid dienone is 1. The Morgan fingerprint density at radius 3 is 2.40 bits per heavy atom. The maximum Gasteiger partial charge on any atom is 0.119 e. The fraction of sp³-hybridized carbons (Fsp3) is 0.286. The van der Waals surface area contributed by atoms with Gasteiger partial charge in [-0.15, -0.1) is 0 Å². The molecule has 25 heavy (non-hydrogen) atoms. The van der Waals surface area contributed by atoms with Crippen LogP contribution in [0.15, 0.2) is 59.9 Å². The predicted octanol–water partition coefficient (Wildman–Crippen LogP) is 4.56. The Balaban J connectivity index is 2.10. The minimum atomic E-state index is 0.302. The van der Waals surface area contributed by atoms with E-state index in [1.165, 1.54) is 5.56 Å². The SMILES string of the molecule is COc1ccc(/C(=N/O)C2=CN(C)C(C(C)C)c3ccccc32)cc1. The van der Waals surface area contributed by atoms with Crippen molar-refractivity contribution in [2.45, 2.75) is 19.9 Å². The molecule has 1 atom stereocenters. The standard InChI is InChI=1S/C21H24N2O2/c1-14(2)21-18-8-6-5-7-17(18)19(13-23(21)3)20(22-24)15-9-11-16(25-4)12-10-15/h5-14,21,24H,1-4H3/b22-20-. The molecule has 0 radical (unpaired) electrons. The van der Waals surface area contributed by atoms with Crippen LogP contribution in [0.5, 0.6) is 5.75 Å². The van der Waals surface area contributed by atoms with Crippen LogP contribution in [-0.2, 0) is 0 Å². The molecule has 0 saturated carbocycles. The van der Waals surface area contributed by atoms with Crippen molar-refractivity contribution in [1.29, 1.82) is 0 Å². The Hall–Kier alpha value is -2.75. The lowest BCUT2D eigenvalue weighted by Crippen LogP contribution is -2.29. The first-order valence-corrected chi connectivity index (χ1v) is 8.46. The van der Waals surface area contributed by atoms with Gasteiger partial charge in [-0.1, -0.05) is 43.3 Å². The average Bonchev–Trinajstić information content (AvgIpc) is 2.62. The Morgan fingerprint density at radius 2 is 1.80 bits per heavy atom. The zero-order valence-electron chi connectivity index (χ0n) is 15.1. The Kier molecular flexibility index (Phi) is 4.79. The number of ether oxygens (including phenoxy) is 1. The van der Waals surface area contributed by atoms with E-state index in [-0.39, 0.29) is 0 Å². The number of benzene rings is 2. The molecule has 1 unspecified atom stereocenters. The Labute approximate surface area is 149 Å². The van der Waals surface area contributed by atoms with Crippen LogP contribution >= 0.6 is 0 Å². The lowest BCUT2D eigenvalue weighted by Gasteiger charge is -2.37. The summed E-state index contributed by atoms with van der Waals surface area (Å²) >= 11 is 0. The molecule has 0 aromatic heterocycles. The topological polar surface area (TPSA) is 45.1 Å². The smallest absolute Gasteiger partial charge is 0.119 e. The van der Waals surface area contributed by atoms with Gasteiger partial charge >= 0.3 is 0 Å². The normalized spacial score (nSPS) is 17.3. The van der Waals surface area contributed by atoms with E-state index in [9.17, 15) is 5.21 Å². The van der Waals surface area contributed by atoms with Crippen molar-refractivity contribution in [3.63, 3.8) is 0 Å². The number of oxime groups is 1. The van der Waals surface area contributed by atoms with Gasteiger partial charge in [0.25, 0.3) is 0 Å².